The highest BCUT2D eigenvalue weighted by Crippen LogP contribution is 2.22. The van der Waals surface area contributed by atoms with Gasteiger partial charge in [-0.3, -0.25) is 9.59 Å². The van der Waals surface area contributed by atoms with E-state index in [4.69, 9.17) is 5.73 Å². The van der Waals surface area contributed by atoms with Gasteiger partial charge in [0.05, 0.1) is 0 Å². The summed E-state index contributed by atoms with van der Waals surface area (Å²) in [5, 5.41) is 0. The Labute approximate surface area is 127 Å². The predicted molar refractivity (Wildman–Crippen MR) is 80.3 cm³/mol. The average Bonchev–Trinajstić information content (AvgIpc) is 2.79. The van der Waals surface area contributed by atoms with Gasteiger partial charge in [0.2, 0.25) is 5.91 Å². The summed E-state index contributed by atoms with van der Waals surface area (Å²) >= 11 is 3.41. The first-order valence-electron chi connectivity index (χ1n) is 7.00. The van der Waals surface area contributed by atoms with Crippen molar-refractivity contribution in [2.24, 2.45) is 5.73 Å². The number of primary amides is 1. The summed E-state index contributed by atoms with van der Waals surface area (Å²) in [6.07, 6.45) is 5.37. The van der Waals surface area contributed by atoms with Gasteiger partial charge in [0.15, 0.2) is 0 Å². The van der Waals surface area contributed by atoms with E-state index in [1.165, 1.54) is 0 Å². The van der Waals surface area contributed by atoms with Crippen LogP contribution in [0.15, 0.2) is 16.7 Å². The SMILES string of the molecule is CCCn1cc(Br)cc1C(=O)N1CCCCC1C(N)=O. The van der Waals surface area contributed by atoms with Crippen LogP contribution < -0.4 is 5.73 Å². The number of carbonyl (C=O) groups is 2. The van der Waals surface area contributed by atoms with E-state index in [0.29, 0.717) is 18.7 Å². The third-order valence-electron chi connectivity index (χ3n) is 3.64. The first-order chi connectivity index (χ1) is 9.54. The molecule has 2 heterocycles. The molecule has 2 amide bonds. The first kappa shape index (κ1) is 15.1. The van der Waals surface area contributed by atoms with Gasteiger partial charge in [0.25, 0.3) is 5.91 Å². The maximum absolute atomic E-state index is 12.7. The van der Waals surface area contributed by atoms with Crippen LogP contribution in [0.1, 0.15) is 43.1 Å². The average molecular weight is 342 g/mol. The molecule has 5 nitrogen and oxygen atoms in total. The van der Waals surface area contributed by atoms with Crippen LogP contribution in [0, 0.1) is 0 Å². The topological polar surface area (TPSA) is 68.3 Å². The molecule has 0 spiro atoms. The summed E-state index contributed by atoms with van der Waals surface area (Å²) in [5.41, 5.74) is 6.04. The highest BCUT2D eigenvalue weighted by molar-refractivity contribution is 9.10. The second-order valence-electron chi connectivity index (χ2n) is 5.15. The molecule has 1 fully saturated rings. The largest absolute Gasteiger partial charge is 0.368 e. The van der Waals surface area contributed by atoms with Gasteiger partial charge < -0.3 is 15.2 Å². The van der Waals surface area contributed by atoms with E-state index in [0.717, 1.165) is 30.3 Å². The third kappa shape index (κ3) is 3.06. The van der Waals surface area contributed by atoms with Gasteiger partial charge in [-0.1, -0.05) is 6.92 Å². The second-order valence-corrected chi connectivity index (χ2v) is 6.07. The highest BCUT2D eigenvalue weighted by Gasteiger charge is 2.32. The van der Waals surface area contributed by atoms with Crippen LogP contribution in [0.4, 0.5) is 0 Å². The van der Waals surface area contributed by atoms with Crippen LogP contribution in [0.25, 0.3) is 0 Å². The molecule has 6 heteroatoms. The van der Waals surface area contributed by atoms with Crippen molar-refractivity contribution >= 4 is 27.7 Å². The lowest BCUT2D eigenvalue weighted by molar-refractivity contribution is -0.123. The number of carbonyl (C=O) groups excluding carboxylic acids is 2. The third-order valence-corrected chi connectivity index (χ3v) is 4.07. The number of hydrogen-bond acceptors (Lipinski definition) is 2. The summed E-state index contributed by atoms with van der Waals surface area (Å²) in [6.45, 7) is 3.44. The monoisotopic (exact) mass is 341 g/mol. The molecule has 0 bridgehead atoms. The quantitative estimate of drug-likeness (QED) is 0.911. The maximum atomic E-state index is 12.7. The first-order valence-corrected chi connectivity index (χ1v) is 7.80. The van der Waals surface area contributed by atoms with Crippen LogP contribution in [0.3, 0.4) is 0 Å². The molecule has 1 aliphatic heterocycles. The zero-order chi connectivity index (χ0) is 14.7. The number of likely N-dealkylation sites (tertiary alicyclic amines) is 1. The van der Waals surface area contributed by atoms with Gasteiger partial charge in [-0.25, -0.2) is 0 Å². The van der Waals surface area contributed by atoms with E-state index >= 15 is 0 Å². The zero-order valence-corrected chi connectivity index (χ0v) is 13.2. The number of hydrogen-bond donors (Lipinski definition) is 1. The lowest BCUT2D eigenvalue weighted by Crippen LogP contribution is -2.50. The number of aromatic nitrogens is 1. The summed E-state index contributed by atoms with van der Waals surface area (Å²) in [7, 11) is 0. The van der Waals surface area contributed by atoms with Gasteiger partial charge in [0, 0.05) is 23.8 Å². The van der Waals surface area contributed by atoms with Crippen molar-refractivity contribution < 1.29 is 9.59 Å². The lowest BCUT2D eigenvalue weighted by atomic mass is 10.0. The summed E-state index contributed by atoms with van der Waals surface area (Å²) < 4.78 is 2.81. The summed E-state index contributed by atoms with van der Waals surface area (Å²) in [6, 6.07) is 1.34. The van der Waals surface area contributed by atoms with E-state index in [-0.39, 0.29) is 5.91 Å². The Balaban J connectivity index is 2.27. The fourth-order valence-electron chi connectivity index (χ4n) is 2.70. The number of piperidine rings is 1. The molecule has 110 valence electrons. The van der Waals surface area contributed by atoms with Gasteiger partial charge in [0.1, 0.15) is 11.7 Å². The van der Waals surface area contributed by atoms with E-state index in [1.54, 1.807) is 4.90 Å². The van der Waals surface area contributed by atoms with Crippen molar-refractivity contribution in [3.05, 3.63) is 22.4 Å². The van der Waals surface area contributed by atoms with E-state index in [9.17, 15) is 9.59 Å². The Morgan fingerprint density at radius 2 is 2.20 bits per heavy atom. The van der Waals surface area contributed by atoms with Gasteiger partial charge in [-0.05, 0) is 47.7 Å². The number of aryl methyl sites for hydroxylation is 1. The van der Waals surface area contributed by atoms with Gasteiger partial charge in [-0.2, -0.15) is 0 Å². The Kier molecular flexibility index (Phi) is 4.86. The Hall–Kier alpha value is -1.30. The minimum Gasteiger partial charge on any atom is -0.368 e. The molecule has 0 saturated carbocycles. The van der Waals surface area contributed by atoms with E-state index in [1.807, 2.05) is 16.8 Å². The molecule has 1 saturated heterocycles. The van der Waals surface area contributed by atoms with Crippen molar-refractivity contribution in [2.75, 3.05) is 6.54 Å². The molecular formula is C14H20BrN3O2. The van der Waals surface area contributed by atoms with Gasteiger partial charge in [-0.15, -0.1) is 0 Å². The number of rotatable bonds is 4. The predicted octanol–water partition coefficient (Wildman–Crippen LogP) is 2.14. The van der Waals surface area contributed by atoms with Crippen LogP contribution in [-0.4, -0.2) is 33.9 Å². The van der Waals surface area contributed by atoms with Crippen molar-refractivity contribution in [1.82, 2.24) is 9.47 Å². The number of amides is 2. The molecule has 1 aromatic heterocycles. The standard InChI is InChI=1S/C14H20BrN3O2/c1-2-6-17-9-10(15)8-12(17)14(20)18-7-4-3-5-11(18)13(16)19/h8-9,11H,2-7H2,1H3,(H2,16,19). The Morgan fingerprint density at radius 3 is 2.85 bits per heavy atom. The fourth-order valence-corrected chi connectivity index (χ4v) is 3.16. The van der Waals surface area contributed by atoms with Crippen molar-refractivity contribution in [3.8, 4) is 0 Å². The van der Waals surface area contributed by atoms with Crippen molar-refractivity contribution in [3.63, 3.8) is 0 Å². The molecule has 20 heavy (non-hydrogen) atoms. The molecule has 1 atom stereocenters. The lowest BCUT2D eigenvalue weighted by Gasteiger charge is -2.33. The summed E-state index contributed by atoms with van der Waals surface area (Å²) in [4.78, 5) is 25.9. The molecule has 2 rings (SSSR count). The molecule has 0 aromatic carbocycles. The fraction of sp³-hybridized carbons (Fsp3) is 0.571. The Bertz CT molecular complexity index is 513. The molecule has 1 unspecified atom stereocenters. The maximum Gasteiger partial charge on any atom is 0.271 e. The molecule has 0 radical (unpaired) electrons. The summed E-state index contributed by atoms with van der Waals surface area (Å²) in [5.74, 6) is -0.515. The highest BCUT2D eigenvalue weighted by atomic mass is 79.9. The van der Waals surface area contributed by atoms with E-state index in [2.05, 4.69) is 22.9 Å². The van der Waals surface area contributed by atoms with Crippen LogP contribution in [-0.2, 0) is 11.3 Å². The molecular weight excluding hydrogens is 322 g/mol. The van der Waals surface area contributed by atoms with E-state index < -0.39 is 11.9 Å². The van der Waals surface area contributed by atoms with Crippen LogP contribution in [0.2, 0.25) is 0 Å². The molecule has 2 N–H and O–H groups in total. The zero-order valence-electron chi connectivity index (χ0n) is 11.6. The van der Waals surface area contributed by atoms with Crippen molar-refractivity contribution in [1.29, 1.82) is 0 Å². The van der Waals surface area contributed by atoms with Gasteiger partial charge >= 0.3 is 0 Å². The van der Waals surface area contributed by atoms with Crippen molar-refractivity contribution in [2.45, 2.75) is 45.2 Å². The second kappa shape index (κ2) is 6.43. The molecule has 1 aliphatic rings. The number of nitrogens with two attached hydrogens (primary N) is 1. The van der Waals surface area contributed by atoms with Crippen LogP contribution in [0.5, 0.6) is 0 Å². The number of nitrogens with zero attached hydrogens (tertiary/aromatic N) is 2. The normalized spacial score (nSPS) is 19.1. The minimum absolute atomic E-state index is 0.104. The smallest absolute Gasteiger partial charge is 0.271 e. The number of halogens is 1. The molecule has 0 aliphatic carbocycles. The Morgan fingerprint density at radius 1 is 1.45 bits per heavy atom. The minimum atomic E-state index is -0.472. The molecule has 1 aromatic rings. The van der Waals surface area contributed by atoms with Crippen LogP contribution >= 0.6 is 15.9 Å².